The Bertz CT molecular complexity index is 1060. The fraction of sp³-hybridized carbons (Fsp3) is 0.286. The van der Waals surface area contributed by atoms with Crippen molar-refractivity contribution < 1.29 is 23.8 Å². The molecule has 1 aliphatic heterocycles. The number of hydrogen-bond donors (Lipinski definition) is 1. The van der Waals surface area contributed by atoms with Gasteiger partial charge in [-0.2, -0.15) is 0 Å². The standard InChI is InChI=1S/C21H21N3O5/c1-14-3-2-4-19-23-16(12-24(14)19)21(26)29-13-20(25)22-8-7-15-5-6-17-18(11-15)28-10-9-27-17/h2-6,11-12H,7-10,13H2,1H3,(H,22,25). The van der Waals surface area contributed by atoms with Crippen molar-refractivity contribution >= 4 is 17.5 Å². The van der Waals surface area contributed by atoms with Gasteiger partial charge >= 0.3 is 5.97 Å². The van der Waals surface area contributed by atoms with Crippen LogP contribution in [-0.2, 0) is 16.0 Å². The van der Waals surface area contributed by atoms with E-state index in [0.29, 0.717) is 31.8 Å². The Kier molecular flexibility index (Phi) is 5.33. The Labute approximate surface area is 167 Å². The van der Waals surface area contributed by atoms with Gasteiger partial charge in [0.15, 0.2) is 23.8 Å². The number of imidazole rings is 1. The molecule has 1 N–H and O–H groups in total. The predicted molar refractivity (Wildman–Crippen MR) is 104 cm³/mol. The zero-order valence-electron chi connectivity index (χ0n) is 16.0. The number of fused-ring (bicyclic) bond motifs is 2. The Hall–Kier alpha value is -3.55. The molecular formula is C21H21N3O5. The van der Waals surface area contributed by atoms with E-state index in [-0.39, 0.29) is 18.2 Å². The minimum absolute atomic E-state index is 0.170. The third kappa shape index (κ3) is 4.31. The average Bonchev–Trinajstić information content (AvgIpc) is 3.18. The summed E-state index contributed by atoms with van der Waals surface area (Å²) in [4.78, 5) is 28.4. The molecule has 0 unspecified atom stereocenters. The predicted octanol–water partition coefficient (Wildman–Crippen LogP) is 1.93. The maximum Gasteiger partial charge on any atom is 0.359 e. The highest BCUT2D eigenvalue weighted by Gasteiger charge is 2.15. The number of amides is 1. The molecule has 0 saturated heterocycles. The molecule has 1 amide bonds. The van der Waals surface area contributed by atoms with E-state index in [0.717, 1.165) is 22.8 Å². The van der Waals surface area contributed by atoms with Crippen molar-refractivity contribution in [3.63, 3.8) is 0 Å². The lowest BCUT2D eigenvalue weighted by atomic mass is 10.1. The SMILES string of the molecule is Cc1cccc2nc(C(=O)OCC(=O)NCCc3ccc4c(c3)OCCO4)cn12. The molecule has 1 aliphatic rings. The molecule has 8 nitrogen and oxygen atoms in total. The molecule has 0 aliphatic carbocycles. The summed E-state index contributed by atoms with van der Waals surface area (Å²) < 4.78 is 17.9. The largest absolute Gasteiger partial charge is 0.486 e. The second-order valence-electron chi connectivity index (χ2n) is 6.68. The van der Waals surface area contributed by atoms with Crippen LogP contribution in [0.25, 0.3) is 5.65 Å². The molecule has 4 rings (SSSR count). The molecule has 0 atom stereocenters. The summed E-state index contributed by atoms with van der Waals surface area (Å²) in [5.41, 5.74) is 2.79. The number of rotatable bonds is 6. The molecule has 0 spiro atoms. The van der Waals surface area contributed by atoms with E-state index in [2.05, 4.69) is 10.3 Å². The summed E-state index contributed by atoms with van der Waals surface area (Å²) in [5, 5.41) is 2.74. The van der Waals surface area contributed by atoms with Gasteiger partial charge in [-0.1, -0.05) is 12.1 Å². The summed E-state index contributed by atoms with van der Waals surface area (Å²) in [6.07, 6.45) is 2.23. The number of aryl methyl sites for hydroxylation is 1. The molecule has 1 aromatic carbocycles. The molecule has 0 fully saturated rings. The molecule has 2 aromatic heterocycles. The van der Waals surface area contributed by atoms with E-state index in [1.54, 1.807) is 16.7 Å². The molecule has 29 heavy (non-hydrogen) atoms. The van der Waals surface area contributed by atoms with Crippen LogP contribution in [0.15, 0.2) is 42.6 Å². The van der Waals surface area contributed by atoms with Crippen LogP contribution in [0.1, 0.15) is 21.7 Å². The van der Waals surface area contributed by atoms with Gasteiger partial charge in [0.25, 0.3) is 5.91 Å². The van der Waals surface area contributed by atoms with E-state index in [1.165, 1.54) is 0 Å². The summed E-state index contributed by atoms with van der Waals surface area (Å²) in [6, 6.07) is 11.3. The van der Waals surface area contributed by atoms with Crippen LogP contribution in [0.4, 0.5) is 0 Å². The van der Waals surface area contributed by atoms with Crippen molar-refractivity contribution in [2.45, 2.75) is 13.3 Å². The fourth-order valence-corrected chi connectivity index (χ4v) is 3.09. The molecule has 0 saturated carbocycles. The highest BCUT2D eigenvalue weighted by molar-refractivity contribution is 5.90. The second-order valence-corrected chi connectivity index (χ2v) is 6.68. The van der Waals surface area contributed by atoms with Crippen LogP contribution in [0.2, 0.25) is 0 Å². The van der Waals surface area contributed by atoms with Gasteiger partial charge in [0, 0.05) is 18.4 Å². The third-order valence-electron chi connectivity index (χ3n) is 4.58. The van der Waals surface area contributed by atoms with Crippen molar-refractivity contribution in [3.8, 4) is 11.5 Å². The van der Waals surface area contributed by atoms with Crippen LogP contribution in [-0.4, -0.2) is 47.6 Å². The molecule has 0 radical (unpaired) electrons. The number of nitrogens with one attached hydrogen (secondary N) is 1. The molecule has 150 valence electrons. The first-order chi connectivity index (χ1) is 14.1. The number of pyridine rings is 1. The Morgan fingerprint density at radius 3 is 2.83 bits per heavy atom. The molecule has 3 aromatic rings. The summed E-state index contributed by atoms with van der Waals surface area (Å²) in [7, 11) is 0. The minimum Gasteiger partial charge on any atom is -0.486 e. The van der Waals surface area contributed by atoms with Gasteiger partial charge < -0.3 is 23.9 Å². The number of ether oxygens (including phenoxy) is 3. The quantitative estimate of drug-likeness (QED) is 0.642. The van der Waals surface area contributed by atoms with Gasteiger partial charge in [0.1, 0.15) is 18.9 Å². The molecule has 8 heteroatoms. The zero-order valence-corrected chi connectivity index (χ0v) is 16.0. The Balaban J connectivity index is 1.24. The first kappa shape index (κ1) is 18.8. The number of aromatic nitrogens is 2. The Morgan fingerprint density at radius 1 is 1.17 bits per heavy atom. The number of benzene rings is 1. The normalized spacial score (nSPS) is 12.6. The lowest BCUT2D eigenvalue weighted by molar-refractivity contribution is -0.124. The van der Waals surface area contributed by atoms with Crippen LogP contribution < -0.4 is 14.8 Å². The number of nitrogens with zero attached hydrogens (tertiary/aromatic N) is 2. The maximum absolute atomic E-state index is 12.2. The fourth-order valence-electron chi connectivity index (χ4n) is 3.09. The van der Waals surface area contributed by atoms with E-state index >= 15 is 0 Å². The lowest BCUT2D eigenvalue weighted by Crippen LogP contribution is -2.30. The maximum atomic E-state index is 12.2. The van der Waals surface area contributed by atoms with Gasteiger partial charge in [-0.05, 0) is 43.2 Å². The molecular weight excluding hydrogens is 374 g/mol. The number of hydrogen-bond acceptors (Lipinski definition) is 6. The number of esters is 1. The van der Waals surface area contributed by atoms with Crippen molar-refractivity contribution in [2.75, 3.05) is 26.4 Å². The second kappa shape index (κ2) is 8.22. The highest BCUT2D eigenvalue weighted by atomic mass is 16.6. The summed E-state index contributed by atoms with van der Waals surface area (Å²) in [6.45, 7) is 3.06. The Morgan fingerprint density at radius 2 is 2.00 bits per heavy atom. The van der Waals surface area contributed by atoms with Gasteiger partial charge in [-0.3, -0.25) is 4.79 Å². The van der Waals surface area contributed by atoms with Crippen molar-refractivity contribution in [3.05, 3.63) is 59.5 Å². The summed E-state index contributed by atoms with van der Waals surface area (Å²) >= 11 is 0. The van der Waals surface area contributed by atoms with Crippen molar-refractivity contribution in [2.24, 2.45) is 0 Å². The van der Waals surface area contributed by atoms with E-state index in [9.17, 15) is 9.59 Å². The smallest absolute Gasteiger partial charge is 0.359 e. The third-order valence-corrected chi connectivity index (χ3v) is 4.58. The monoisotopic (exact) mass is 395 g/mol. The van der Waals surface area contributed by atoms with Crippen LogP contribution in [0, 0.1) is 6.92 Å². The average molecular weight is 395 g/mol. The highest BCUT2D eigenvalue weighted by Crippen LogP contribution is 2.30. The minimum atomic E-state index is -0.630. The van der Waals surface area contributed by atoms with E-state index in [4.69, 9.17) is 14.2 Å². The first-order valence-electron chi connectivity index (χ1n) is 9.37. The van der Waals surface area contributed by atoms with Gasteiger partial charge in [0.05, 0.1) is 0 Å². The van der Waals surface area contributed by atoms with E-state index < -0.39 is 5.97 Å². The first-order valence-corrected chi connectivity index (χ1v) is 9.37. The van der Waals surface area contributed by atoms with Crippen molar-refractivity contribution in [1.29, 1.82) is 0 Å². The zero-order chi connectivity index (χ0) is 20.2. The topological polar surface area (TPSA) is 91.2 Å². The lowest BCUT2D eigenvalue weighted by Gasteiger charge is -2.18. The van der Waals surface area contributed by atoms with Gasteiger partial charge in [0.2, 0.25) is 0 Å². The number of carbonyl (C=O) groups excluding carboxylic acids is 2. The van der Waals surface area contributed by atoms with E-state index in [1.807, 2.05) is 37.3 Å². The molecule has 3 heterocycles. The number of carbonyl (C=O) groups is 2. The van der Waals surface area contributed by atoms with Crippen LogP contribution >= 0.6 is 0 Å². The summed E-state index contributed by atoms with van der Waals surface area (Å²) in [5.74, 6) is 0.459. The molecule has 0 bridgehead atoms. The van der Waals surface area contributed by atoms with Gasteiger partial charge in [-0.25, -0.2) is 9.78 Å². The van der Waals surface area contributed by atoms with Gasteiger partial charge in [-0.15, -0.1) is 0 Å². The van der Waals surface area contributed by atoms with Crippen LogP contribution in [0.5, 0.6) is 11.5 Å². The van der Waals surface area contributed by atoms with Crippen molar-refractivity contribution in [1.82, 2.24) is 14.7 Å². The van der Waals surface area contributed by atoms with Crippen LogP contribution in [0.3, 0.4) is 0 Å².